The standard InChI is InChI=1S/C8H13BrN2O2/c1-10(2)7(12)5-11-4-3-6(9)8(11)13/h6H,3-5H2,1-2H3. The summed E-state index contributed by atoms with van der Waals surface area (Å²) in [5.74, 6) is -0.00912. The minimum Gasteiger partial charge on any atom is -0.347 e. The Bertz CT molecular complexity index is 230. The van der Waals surface area contributed by atoms with Gasteiger partial charge in [-0.05, 0) is 6.42 Å². The molecule has 1 saturated heterocycles. The van der Waals surface area contributed by atoms with E-state index in [1.54, 1.807) is 19.0 Å². The highest BCUT2D eigenvalue weighted by Crippen LogP contribution is 2.17. The number of nitrogens with zero attached hydrogens (tertiary/aromatic N) is 2. The van der Waals surface area contributed by atoms with Gasteiger partial charge in [0.25, 0.3) is 0 Å². The summed E-state index contributed by atoms with van der Waals surface area (Å²) in [6.07, 6.45) is 0.791. The van der Waals surface area contributed by atoms with Crippen LogP contribution in [0, 0.1) is 0 Å². The number of carbonyl (C=O) groups is 2. The van der Waals surface area contributed by atoms with Gasteiger partial charge in [-0.2, -0.15) is 0 Å². The van der Waals surface area contributed by atoms with Gasteiger partial charge in [-0.15, -0.1) is 0 Å². The molecular weight excluding hydrogens is 236 g/mol. The average molecular weight is 249 g/mol. The van der Waals surface area contributed by atoms with Crippen molar-refractivity contribution in [1.29, 1.82) is 0 Å². The van der Waals surface area contributed by atoms with Crippen LogP contribution in [0.2, 0.25) is 0 Å². The molecule has 1 aliphatic heterocycles. The van der Waals surface area contributed by atoms with E-state index in [2.05, 4.69) is 15.9 Å². The number of hydrogen-bond acceptors (Lipinski definition) is 2. The summed E-state index contributed by atoms with van der Waals surface area (Å²) in [5.41, 5.74) is 0. The Morgan fingerprint density at radius 1 is 1.69 bits per heavy atom. The highest BCUT2D eigenvalue weighted by atomic mass is 79.9. The summed E-state index contributed by atoms with van der Waals surface area (Å²) in [4.78, 5) is 25.6. The molecule has 0 aliphatic carbocycles. The number of halogens is 1. The van der Waals surface area contributed by atoms with Gasteiger partial charge in [0, 0.05) is 20.6 Å². The van der Waals surface area contributed by atoms with E-state index in [0.717, 1.165) is 6.42 Å². The van der Waals surface area contributed by atoms with Crippen molar-refractivity contribution in [3.8, 4) is 0 Å². The van der Waals surface area contributed by atoms with Crippen LogP contribution in [-0.4, -0.2) is 53.6 Å². The molecule has 1 unspecified atom stereocenters. The van der Waals surface area contributed by atoms with Crippen LogP contribution in [0.15, 0.2) is 0 Å². The predicted molar refractivity (Wildman–Crippen MR) is 52.6 cm³/mol. The third-order valence-corrected chi connectivity index (χ3v) is 2.91. The molecule has 0 bridgehead atoms. The van der Waals surface area contributed by atoms with E-state index in [1.165, 1.54) is 4.90 Å². The first-order valence-electron chi connectivity index (χ1n) is 4.15. The summed E-state index contributed by atoms with van der Waals surface area (Å²) < 4.78 is 0. The van der Waals surface area contributed by atoms with Gasteiger partial charge in [-0.1, -0.05) is 15.9 Å². The van der Waals surface area contributed by atoms with Crippen molar-refractivity contribution in [1.82, 2.24) is 9.80 Å². The molecule has 0 N–H and O–H groups in total. The van der Waals surface area contributed by atoms with Crippen LogP contribution in [0.25, 0.3) is 0 Å². The van der Waals surface area contributed by atoms with Crippen LogP contribution >= 0.6 is 15.9 Å². The molecule has 1 rings (SSSR count). The van der Waals surface area contributed by atoms with Crippen molar-refractivity contribution in [2.45, 2.75) is 11.2 Å². The largest absolute Gasteiger partial charge is 0.347 e. The summed E-state index contributed by atoms with van der Waals surface area (Å²) in [6.45, 7) is 0.877. The molecule has 0 spiro atoms. The number of carbonyl (C=O) groups excluding carboxylic acids is 2. The van der Waals surface area contributed by atoms with E-state index in [0.29, 0.717) is 6.54 Å². The minimum absolute atomic E-state index is 0.0233. The van der Waals surface area contributed by atoms with Gasteiger partial charge in [-0.25, -0.2) is 0 Å². The normalized spacial score (nSPS) is 22.2. The van der Waals surface area contributed by atoms with Crippen molar-refractivity contribution in [2.24, 2.45) is 0 Å². The van der Waals surface area contributed by atoms with Crippen molar-refractivity contribution in [2.75, 3.05) is 27.2 Å². The summed E-state index contributed by atoms with van der Waals surface area (Å²) in [7, 11) is 3.38. The molecule has 1 heterocycles. The maximum atomic E-state index is 11.4. The minimum atomic E-state index is -0.0949. The Balaban J connectivity index is 2.47. The van der Waals surface area contributed by atoms with Crippen LogP contribution in [0.1, 0.15) is 6.42 Å². The Kier molecular flexibility index (Phi) is 3.30. The fraction of sp³-hybridized carbons (Fsp3) is 0.750. The van der Waals surface area contributed by atoms with E-state index < -0.39 is 0 Å². The van der Waals surface area contributed by atoms with Crippen LogP contribution in [0.4, 0.5) is 0 Å². The fourth-order valence-electron chi connectivity index (χ4n) is 1.16. The number of likely N-dealkylation sites (tertiary alicyclic amines) is 1. The van der Waals surface area contributed by atoms with Gasteiger partial charge >= 0.3 is 0 Å². The summed E-state index contributed by atoms with van der Waals surface area (Å²) in [6, 6.07) is 0. The number of alkyl halides is 1. The quantitative estimate of drug-likeness (QED) is 0.650. The molecule has 74 valence electrons. The second-order valence-corrected chi connectivity index (χ2v) is 4.41. The van der Waals surface area contributed by atoms with Crippen molar-refractivity contribution in [3.63, 3.8) is 0 Å². The number of hydrogen-bond donors (Lipinski definition) is 0. The highest BCUT2D eigenvalue weighted by Gasteiger charge is 2.30. The fourth-order valence-corrected chi connectivity index (χ4v) is 1.66. The van der Waals surface area contributed by atoms with Crippen LogP contribution in [0.3, 0.4) is 0 Å². The van der Waals surface area contributed by atoms with Gasteiger partial charge in [-0.3, -0.25) is 9.59 Å². The molecule has 0 aromatic carbocycles. The Hall–Kier alpha value is -0.580. The molecule has 1 fully saturated rings. The Labute approximate surface area is 86.0 Å². The molecular formula is C8H13BrN2O2. The maximum absolute atomic E-state index is 11.4. The molecule has 5 heteroatoms. The van der Waals surface area contributed by atoms with Crippen molar-refractivity contribution < 1.29 is 9.59 Å². The molecule has 13 heavy (non-hydrogen) atoms. The lowest BCUT2D eigenvalue weighted by Gasteiger charge is -2.18. The SMILES string of the molecule is CN(C)C(=O)CN1CCC(Br)C1=O. The third-order valence-electron chi connectivity index (χ3n) is 2.06. The first kappa shape index (κ1) is 10.5. The molecule has 2 amide bonds. The van der Waals surface area contributed by atoms with E-state index in [-0.39, 0.29) is 23.2 Å². The Morgan fingerprint density at radius 3 is 2.69 bits per heavy atom. The molecule has 0 aromatic heterocycles. The van der Waals surface area contributed by atoms with Gasteiger partial charge in [0.15, 0.2) is 0 Å². The third kappa shape index (κ3) is 2.43. The van der Waals surface area contributed by atoms with Gasteiger partial charge < -0.3 is 9.80 Å². The number of likely N-dealkylation sites (N-methyl/N-ethyl adjacent to an activating group) is 1. The molecule has 0 saturated carbocycles. The van der Waals surface area contributed by atoms with Crippen LogP contribution in [-0.2, 0) is 9.59 Å². The maximum Gasteiger partial charge on any atom is 0.241 e. The van der Waals surface area contributed by atoms with E-state index in [9.17, 15) is 9.59 Å². The first-order valence-corrected chi connectivity index (χ1v) is 5.07. The lowest BCUT2D eigenvalue weighted by atomic mass is 10.4. The van der Waals surface area contributed by atoms with Crippen molar-refractivity contribution in [3.05, 3.63) is 0 Å². The lowest BCUT2D eigenvalue weighted by Crippen LogP contribution is -2.38. The molecule has 0 radical (unpaired) electrons. The summed E-state index contributed by atoms with van der Waals surface area (Å²) >= 11 is 3.25. The van der Waals surface area contributed by atoms with E-state index >= 15 is 0 Å². The predicted octanol–water partition coefficient (Wildman–Crippen LogP) is 0.0704. The molecule has 0 aromatic rings. The van der Waals surface area contributed by atoms with E-state index in [4.69, 9.17) is 0 Å². The van der Waals surface area contributed by atoms with Gasteiger partial charge in [0.05, 0.1) is 11.4 Å². The molecule has 1 aliphatic rings. The monoisotopic (exact) mass is 248 g/mol. The average Bonchev–Trinajstić information content (AvgIpc) is 2.36. The number of amides is 2. The van der Waals surface area contributed by atoms with Crippen LogP contribution in [0.5, 0.6) is 0 Å². The molecule has 1 atom stereocenters. The number of rotatable bonds is 2. The second kappa shape index (κ2) is 4.09. The second-order valence-electron chi connectivity index (χ2n) is 3.30. The zero-order valence-corrected chi connectivity index (χ0v) is 9.37. The van der Waals surface area contributed by atoms with Gasteiger partial charge in [0.1, 0.15) is 0 Å². The topological polar surface area (TPSA) is 40.6 Å². The molecule has 4 nitrogen and oxygen atoms in total. The zero-order chi connectivity index (χ0) is 10.0. The smallest absolute Gasteiger partial charge is 0.241 e. The summed E-state index contributed by atoms with van der Waals surface area (Å²) in [5, 5.41) is 0. The van der Waals surface area contributed by atoms with E-state index in [1.807, 2.05) is 0 Å². The van der Waals surface area contributed by atoms with Crippen LogP contribution < -0.4 is 0 Å². The Morgan fingerprint density at radius 2 is 2.31 bits per heavy atom. The zero-order valence-electron chi connectivity index (χ0n) is 7.79. The van der Waals surface area contributed by atoms with Gasteiger partial charge in [0.2, 0.25) is 11.8 Å². The lowest BCUT2D eigenvalue weighted by molar-refractivity contribution is -0.136. The van der Waals surface area contributed by atoms with Crippen molar-refractivity contribution >= 4 is 27.7 Å². The first-order chi connectivity index (χ1) is 6.02. The highest BCUT2D eigenvalue weighted by molar-refractivity contribution is 9.10.